The summed E-state index contributed by atoms with van der Waals surface area (Å²) in [6, 6.07) is 8.17. The molecule has 0 aliphatic heterocycles. The lowest BCUT2D eigenvalue weighted by Crippen LogP contribution is -2.03. The highest BCUT2D eigenvalue weighted by atomic mass is 35.5. The molecule has 20 heavy (non-hydrogen) atoms. The van der Waals surface area contributed by atoms with Crippen LogP contribution >= 0.6 is 22.9 Å². The van der Waals surface area contributed by atoms with Gasteiger partial charge in [-0.1, -0.05) is 30.7 Å². The molecule has 0 saturated carbocycles. The number of nitrogens with zero attached hydrogens (tertiary/aromatic N) is 3. The molecule has 0 spiro atoms. The van der Waals surface area contributed by atoms with Crippen molar-refractivity contribution in [3.8, 4) is 0 Å². The Morgan fingerprint density at radius 2 is 1.95 bits per heavy atom. The number of hydrogen-bond donors (Lipinski definition) is 0. The number of thiazole rings is 1. The van der Waals surface area contributed by atoms with Crippen LogP contribution in [0.15, 0.2) is 24.3 Å². The van der Waals surface area contributed by atoms with Crippen molar-refractivity contribution in [3.63, 3.8) is 0 Å². The van der Waals surface area contributed by atoms with E-state index in [1.165, 1.54) is 4.70 Å². The third-order valence-corrected chi connectivity index (χ3v) is 4.61. The molecule has 0 bridgehead atoms. The summed E-state index contributed by atoms with van der Waals surface area (Å²) in [5.41, 5.74) is 2.96. The minimum atomic E-state index is 0.549. The SMILES string of the molecule is CCc1nc(Cl)c(C)c(Cc2nc3ccccc3s2)n1. The molecule has 2 aromatic heterocycles. The van der Waals surface area contributed by atoms with Crippen molar-refractivity contribution in [2.24, 2.45) is 0 Å². The highest BCUT2D eigenvalue weighted by molar-refractivity contribution is 7.18. The van der Waals surface area contributed by atoms with Crippen LogP contribution in [0.25, 0.3) is 10.2 Å². The van der Waals surface area contributed by atoms with E-state index in [4.69, 9.17) is 11.6 Å². The van der Waals surface area contributed by atoms with Gasteiger partial charge in [-0.05, 0) is 19.1 Å². The van der Waals surface area contributed by atoms with Gasteiger partial charge in [-0.2, -0.15) is 0 Å². The van der Waals surface area contributed by atoms with Gasteiger partial charge in [0.1, 0.15) is 11.0 Å². The van der Waals surface area contributed by atoms with Crippen LogP contribution in [-0.4, -0.2) is 15.0 Å². The van der Waals surface area contributed by atoms with E-state index in [2.05, 4.69) is 21.0 Å². The summed E-state index contributed by atoms with van der Waals surface area (Å²) in [4.78, 5) is 13.5. The Hall–Kier alpha value is -1.52. The third-order valence-electron chi connectivity index (χ3n) is 3.21. The average Bonchev–Trinajstić information content (AvgIpc) is 2.85. The molecule has 0 amide bonds. The zero-order valence-electron chi connectivity index (χ0n) is 11.4. The lowest BCUT2D eigenvalue weighted by Gasteiger charge is -2.06. The monoisotopic (exact) mass is 303 g/mol. The van der Waals surface area contributed by atoms with E-state index in [1.54, 1.807) is 11.3 Å². The molecular formula is C15H14ClN3S. The van der Waals surface area contributed by atoms with Crippen molar-refractivity contribution in [3.05, 3.63) is 51.5 Å². The molecule has 0 N–H and O–H groups in total. The van der Waals surface area contributed by atoms with Crippen LogP contribution in [0.5, 0.6) is 0 Å². The largest absolute Gasteiger partial charge is 0.241 e. The lowest BCUT2D eigenvalue weighted by molar-refractivity contribution is 0.881. The number of fused-ring (bicyclic) bond motifs is 1. The molecule has 3 aromatic rings. The van der Waals surface area contributed by atoms with Crippen molar-refractivity contribution in [2.75, 3.05) is 0 Å². The van der Waals surface area contributed by atoms with Crippen molar-refractivity contribution in [1.29, 1.82) is 0 Å². The Labute approximate surface area is 126 Å². The average molecular weight is 304 g/mol. The summed E-state index contributed by atoms with van der Waals surface area (Å²) in [6.07, 6.45) is 1.49. The fourth-order valence-electron chi connectivity index (χ4n) is 2.05. The van der Waals surface area contributed by atoms with E-state index in [-0.39, 0.29) is 0 Å². The smallest absolute Gasteiger partial charge is 0.135 e. The molecule has 0 radical (unpaired) electrons. The van der Waals surface area contributed by atoms with Gasteiger partial charge in [0.15, 0.2) is 0 Å². The van der Waals surface area contributed by atoms with E-state index in [0.717, 1.165) is 34.0 Å². The quantitative estimate of drug-likeness (QED) is 0.681. The van der Waals surface area contributed by atoms with Crippen LogP contribution < -0.4 is 0 Å². The third kappa shape index (κ3) is 2.53. The van der Waals surface area contributed by atoms with Crippen molar-refractivity contribution >= 4 is 33.2 Å². The molecule has 0 unspecified atom stereocenters. The highest BCUT2D eigenvalue weighted by Crippen LogP contribution is 2.25. The van der Waals surface area contributed by atoms with Crippen LogP contribution in [0, 0.1) is 6.92 Å². The highest BCUT2D eigenvalue weighted by Gasteiger charge is 2.12. The summed E-state index contributed by atoms with van der Waals surface area (Å²) in [6.45, 7) is 3.99. The fourth-order valence-corrected chi connectivity index (χ4v) is 3.23. The Morgan fingerprint density at radius 1 is 1.15 bits per heavy atom. The molecule has 5 heteroatoms. The second kappa shape index (κ2) is 5.46. The summed E-state index contributed by atoms with van der Waals surface area (Å²) >= 11 is 7.88. The van der Waals surface area contributed by atoms with Gasteiger partial charge in [0.2, 0.25) is 0 Å². The summed E-state index contributed by atoms with van der Waals surface area (Å²) in [7, 11) is 0. The van der Waals surface area contributed by atoms with Crippen LogP contribution in [0.2, 0.25) is 5.15 Å². The molecule has 0 atom stereocenters. The standard InChI is InChI=1S/C15H14ClN3S/c1-3-13-17-11(9(2)15(16)19-13)8-14-18-10-6-4-5-7-12(10)20-14/h4-7H,3,8H2,1-2H3. The van der Waals surface area contributed by atoms with E-state index in [1.807, 2.05) is 32.0 Å². The zero-order chi connectivity index (χ0) is 14.1. The molecule has 3 rings (SSSR count). The van der Waals surface area contributed by atoms with Crippen molar-refractivity contribution in [1.82, 2.24) is 15.0 Å². The van der Waals surface area contributed by atoms with Crippen LogP contribution in [0.3, 0.4) is 0 Å². The fraction of sp³-hybridized carbons (Fsp3) is 0.267. The summed E-state index contributed by atoms with van der Waals surface area (Å²) < 4.78 is 1.20. The summed E-state index contributed by atoms with van der Waals surface area (Å²) in [5, 5.41) is 1.61. The van der Waals surface area contributed by atoms with Crippen LogP contribution in [0.4, 0.5) is 0 Å². The molecule has 3 nitrogen and oxygen atoms in total. The number of aromatic nitrogens is 3. The lowest BCUT2D eigenvalue weighted by atomic mass is 10.2. The predicted molar refractivity (Wildman–Crippen MR) is 83.6 cm³/mol. The van der Waals surface area contributed by atoms with Gasteiger partial charge in [-0.15, -0.1) is 11.3 Å². The number of para-hydroxylation sites is 1. The molecule has 1 aromatic carbocycles. The van der Waals surface area contributed by atoms with Gasteiger partial charge in [-0.3, -0.25) is 0 Å². The number of benzene rings is 1. The summed E-state index contributed by atoms with van der Waals surface area (Å²) in [5.74, 6) is 0.789. The van der Waals surface area contributed by atoms with E-state index in [0.29, 0.717) is 11.6 Å². The molecule has 0 fully saturated rings. The van der Waals surface area contributed by atoms with Gasteiger partial charge >= 0.3 is 0 Å². The minimum Gasteiger partial charge on any atom is -0.241 e. The first-order chi connectivity index (χ1) is 9.67. The van der Waals surface area contributed by atoms with Gasteiger partial charge < -0.3 is 0 Å². The van der Waals surface area contributed by atoms with Gasteiger partial charge in [0.05, 0.1) is 20.9 Å². The van der Waals surface area contributed by atoms with Crippen molar-refractivity contribution < 1.29 is 0 Å². The number of halogens is 1. The number of rotatable bonds is 3. The van der Waals surface area contributed by atoms with Gasteiger partial charge in [0, 0.05) is 18.4 Å². The zero-order valence-corrected chi connectivity index (χ0v) is 12.9. The van der Waals surface area contributed by atoms with Crippen molar-refractivity contribution in [2.45, 2.75) is 26.7 Å². The Bertz CT molecular complexity index is 734. The van der Waals surface area contributed by atoms with Gasteiger partial charge in [-0.25, -0.2) is 15.0 Å². The Morgan fingerprint density at radius 3 is 2.70 bits per heavy atom. The Kier molecular flexibility index (Phi) is 3.68. The van der Waals surface area contributed by atoms with E-state index < -0.39 is 0 Å². The topological polar surface area (TPSA) is 38.7 Å². The van der Waals surface area contributed by atoms with Crippen LogP contribution in [0.1, 0.15) is 29.0 Å². The molecule has 2 heterocycles. The second-order valence-corrected chi connectivity index (χ2v) is 6.08. The predicted octanol–water partition coefficient (Wildman–Crippen LogP) is 4.20. The normalized spacial score (nSPS) is 11.2. The number of aryl methyl sites for hydroxylation is 1. The van der Waals surface area contributed by atoms with E-state index >= 15 is 0 Å². The second-order valence-electron chi connectivity index (χ2n) is 4.61. The molecule has 0 aliphatic carbocycles. The maximum atomic E-state index is 6.17. The van der Waals surface area contributed by atoms with E-state index in [9.17, 15) is 0 Å². The molecular weight excluding hydrogens is 290 g/mol. The van der Waals surface area contributed by atoms with Crippen LogP contribution in [-0.2, 0) is 12.8 Å². The minimum absolute atomic E-state index is 0.549. The maximum Gasteiger partial charge on any atom is 0.135 e. The first-order valence-electron chi connectivity index (χ1n) is 6.53. The maximum absolute atomic E-state index is 6.17. The first-order valence-corrected chi connectivity index (χ1v) is 7.73. The molecule has 102 valence electrons. The Balaban J connectivity index is 1.99. The molecule has 0 aliphatic rings. The first kappa shape index (κ1) is 13.5. The van der Waals surface area contributed by atoms with Gasteiger partial charge in [0.25, 0.3) is 0 Å². The molecule has 0 saturated heterocycles. The number of hydrogen-bond acceptors (Lipinski definition) is 4.